The van der Waals surface area contributed by atoms with Gasteiger partial charge < -0.3 is 10.4 Å². The molecule has 1 aliphatic carbocycles. The van der Waals surface area contributed by atoms with Crippen molar-refractivity contribution in [3.05, 3.63) is 58.6 Å². The van der Waals surface area contributed by atoms with Gasteiger partial charge in [0.25, 0.3) is 0 Å². The molecule has 3 rings (SSSR count). The third kappa shape index (κ3) is 2.17. The molecule has 0 heterocycles. The molecule has 3 nitrogen and oxygen atoms in total. The van der Waals surface area contributed by atoms with Crippen molar-refractivity contribution in [3.63, 3.8) is 0 Å². The minimum absolute atomic E-state index is 0.0636. The second-order valence-corrected chi connectivity index (χ2v) is 5.02. The van der Waals surface area contributed by atoms with Crippen LogP contribution in [0.4, 0.5) is 5.69 Å². The Kier molecular flexibility index (Phi) is 2.91. The predicted molar refractivity (Wildman–Crippen MR) is 74.6 cm³/mol. The summed E-state index contributed by atoms with van der Waals surface area (Å²) in [5.74, 6) is -0.0932. The molecule has 0 radical (unpaired) electrons. The summed E-state index contributed by atoms with van der Waals surface area (Å²) < 4.78 is 0. The molecule has 0 saturated heterocycles. The van der Waals surface area contributed by atoms with E-state index in [4.69, 9.17) is 11.6 Å². The molecule has 19 heavy (non-hydrogen) atoms. The molecule has 0 aliphatic heterocycles. The Labute approximate surface area is 115 Å². The van der Waals surface area contributed by atoms with Crippen LogP contribution < -0.4 is 5.32 Å². The molecule has 0 aromatic heterocycles. The van der Waals surface area contributed by atoms with Crippen LogP contribution in [0.25, 0.3) is 0 Å². The van der Waals surface area contributed by atoms with Crippen LogP contribution in [0.1, 0.15) is 17.0 Å². The van der Waals surface area contributed by atoms with Crippen molar-refractivity contribution in [2.75, 3.05) is 5.32 Å². The average molecular weight is 274 g/mol. The number of carbonyl (C=O) groups is 1. The smallest absolute Gasteiger partial charge is 0.232 e. The van der Waals surface area contributed by atoms with Crippen molar-refractivity contribution in [2.45, 2.75) is 12.3 Å². The third-order valence-corrected chi connectivity index (χ3v) is 3.69. The maximum atomic E-state index is 12.2. The van der Waals surface area contributed by atoms with Gasteiger partial charge in [-0.2, -0.15) is 0 Å². The number of benzene rings is 2. The van der Waals surface area contributed by atoms with Crippen LogP contribution in [0, 0.1) is 0 Å². The SMILES string of the molecule is O=C(Nc1ccc(O)cc1Cl)C1Cc2ccccc21. The number of aromatic hydroxyl groups is 1. The first-order valence-electron chi connectivity index (χ1n) is 6.02. The van der Waals surface area contributed by atoms with E-state index in [1.165, 1.54) is 17.7 Å². The first-order valence-corrected chi connectivity index (χ1v) is 6.40. The van der Waals surface area contributed by atoms with Crippen LogP contribution >= 0.6 is 11.6 Å². The second kappa shape index (κ2) is 4.59. The van der Waals surface area contributed by atoms with Gasteiger partial charge in [-0.05, 0) is 29.7 Å². The molecular weight excluding hydrogens is 262 g/mol. The average Bonchev–Trinajstić information content (AvgIpc) is 2.34. The summed E-state index contributed by atoms with van der Waals surface area (Å²) >= 11 is 5.96. The lowest BCUT2D eigenvalue weighted by Crippen LogP contribution is -2.30. The highest BCUT2D eigenvalue weighted by atomic mass is 35.5. The lowest BCUT2D eigenvalue weighted by atomic mass is 9.77. The molecule has 1 unspecified atom stereocenters. The van der Waals surface area contributed by atoms with Crippen LogP contribution in [0.2, 0.25) is 5.02 Å². The molecule has 0 saturated carbocycles. The lowest BCUT2D eigenvalue weighted by Gasteiger charge is -2.29. The molecule has 2 N–H and O–H groups in total. The number of halogens is 1. The molecule has 1 aliphatic rings. The summed E-state index contributed by atoms with van der Waals surface area (Å²) in [5, 5.41) is 12.4. The van der Waals surface area contributed by atoms with E-state index in [2.05, 4.69) is 5.32 Å². The Morgan fingerprint density at radius 2 is 2.05 bits per heavy atom. The number of rotatable bonds is 2. The Hall–Kier alpha value is -2.00. The summed E-state index contributed by atoms with van der Waals surface area (Å²) in [6.45, 7) is 0. The number of hydrogen-bond donors (Lipinski definition) is 2. The standard InChI is InChI=1S/C15H12ClNO2/c16-13-8-10(18)5-6-14(13)17-15(19)12-7-9-3-1-2-4-11(9)12/h1-6,8,12,18H,7H2,(H,17,19). The van der Waals surface area contributed by atoms with Gasteiger partial charge in [-0.1, -0.05) is 35.9 Å². The molecular formula is C15H12ClNO2. The van der Waals surface area contributed by atoms with Gasteiger partial charge in [0, 0.05) is 6.07 Å². The van der Waals surface area contributed by atoms with Crippen LogP contribution in [-0.4, -0.2) is 11.0 Å². The number of phenolic OH excluding ortho intramolecular Hbond substituents is 1. The normalized spacial score (nSPS) is 16.4. The third-order valence-electron chi connectivity index (χ3n) is 3.38. The number of nitrogens with one attached hydrogen (secondary N) is 1. The van der Waals surface area contributed by atoms with E-state index in [9.17, 15) is 9.90 Å². The minimum atomic E-state index is -0.110. The molecule has 4 heteroatoms. The largest absolute Gasteiger partial charge is 0.508 e. The van der Waals surface area contributed by atoms with Gasteiger partial charge in [0.1, 0.15) is 5.75 Å². The first-order chi connectivity index (χ1) is 9.15. The highest BCUT2D eigenvalue weighted by molar-refractivity contribution is 6.33. The second-order valence-electron chi connectivity index (χ2n) is 4.61. The number of fused-ring (bicyclic) bond motifs is 1. The Morgan fingerprint density at radius 3 is 2.79 bits per heavy atom. The Balaban J connectivity index is 1.77. The number of hydrogen-bond acceptors (Lipinski definition) is 2. The Morgan fingerprint density at radius 1 is 1.26 bits per heavy atom. The zero-order valence-electron chi connectivity index (χ0n) is 10.1. The highest BCUT2D eigenvalue weighted by Crippen LogP contribution is 2.36. The molecule has 2 aromatic rings. The lowest BCUT2D eigenvalue weighted by molar-refractivity contribution is -0.118. The first kappa shape index (κ1) is 12.1. The quantitative estimate of drug-likeness (QED) is 0.825. The Bertz CT molecular complexity index is 654. The fourth-order valence-corrected chi connectivity index (χ4v) is 2.54. The predicted octanol–water partition coefficient (Wildman–Crippen LogP) is 3.32. The number of phenols is 1. The van der Waals surface area contributed by atoms with Gasteiger partial charge in [0.05, 0.1) is 16.6 Å². The van der Waals surface area contributed by atoms with E-state index < -0.39 is 0 Å². The molecule has 2 aromatic carbocycles. The number of carbonyl (C=O) groups excluding carboxylic acids is 1. The molecule has 96 valence electrons. The highest BCUT2D eigenvalue weighted by Gasteiger charge is 2.31. The van der Waals surface area contributed by atoms with Gasteiger partial charge in [-0.3, -0.25) is 4.79 Å². The van der Waals surface area contributed by atoms with Gasteiger partial charge in [-0.15, -0.1) is 0 Å². The van der Waals surface area contributed by atoms with Crippen LogP contribution in [-0.2, 0) is 11.2 Å². The van der Waals surface area contributed by atoms with E-state index in [0.29, 0.717) is 10.7 Å². The topological polar surface area (TPSA) is 49.3 Å². The summed E-state index contributed by atoms with van der Waals surface area (Å²) in [7, 11) is 0. The van der Waals surface area contributed by atoms with Gasteiger partial charge in [0.2, 0.25) is 5.91 Å². The van der Waals surface area contributed by atoms with Crippen molar-refractivity contribution in [3.8, 4) is 5.75 Å². The van der Waals surface area contributed by atoms with Crippen LogP contribution in [0.3, 0.4) is 0 Å². The monoisotopic (exact) mass is 273 g/mol. The minimum Gasteiger partial charge on any atom is -0.508 e. The van der Waals surface area contributed by atoms with Crippen molar-refractivity contribution in [1.82, 2.24) is 0 Å². The molecule has 0 fully saturated rings. The summed E-state index contributed by atoms with van der Waals surface area (Å²) in [5.41, 5.74) is 2.82. The van der Waals surface area contributed by atoms with Gasteiger partial charge in [0.15, 0.2) is 0 Å². The zero-order chi connectivity index (χ0) is 13.4. The van der Waals surface area contributed by atoms with Crippen LogP contribution in [0.5, 0.6) is 5.75 Å². The number of anilines is 1. The van der Waals surface area contributed by atoms with E-state index >= 15 is 0 Å². The fourth-order valence-electron chi connectivity index (χ4n) is 2.32. The van der Waals surface area contributed by atoms with Gasteiger partial charge >= 0.3 is 0 Å². The molecule has 0 bridgehead atoms. The van der Waals surface area contributed by atoms with E-state index in [1.807, 2.05) is 24.3 Å². The van der Waals surface area contributed by atoms with Gasteiger partial charge in [-0.25, -0.2) is 0 Å². The van der Waals surface area contributed by atoms with E-state index in [1.54, 1.807) is 6.07 Å². The van der Waals surface area contributed by atoms with Crippen molar-refractivity contribution >= 4 is 23.2 Å². The van der Waals surface area contributed by atoms with Crippen molar-refractivity contribution in [1.29, 1.82) is 0 Å². The summed E-state index contributed by atoms with van der Waals surface area (Å²) in [4.78, 5) is 12.2. The molecule has 1 amide bonds. The summed E-state index contributed by atoms with van der Waals surface area (Å²) in [6, 6.07) is 12.4. The maximum absolute atomic E-state index is 12.2. The fraction of sp³-hybridized carbons (Fsp3) is 0.133. The molecule has 0 spiro atoms. The zero-order valence-corrected chi connectivity index (χ0v) is 10.8. The summed E-state index contributed by atoms with van der Waals surface area (Å²) in [6.07, 6.45) is 0.762. The van der Waals surface area contributed by atoms with Crippen molar-refractivity contribution < 1.29 is 9.90 Å². The number of amides is 1. The molecule has 1 atom stereocenters. The van der Waals surface area contributed by atoms with E-state index in [0.717, 1.165) is 12.0 Å². The maximum Gasteiger partial charge on any atom is 0.232 e. The van der Waals surface area contributed by atoms with E-state index in [-0.39, 0.29) is 17.6 Å². The van der Waals surface area contributed by atoms with Crippen molar-refractivity contribution in [2.24, 2.45) is 0 Å². The van der Waals surface area contributed by atoms with Crippen LogP contribution in [0.15, 0.2) is 42.5 Å².